The Morgan fingerprint density at radius 2 is 1.73 bits per heavy atom. The molecule has 0 atom stereocenters. The summed E-state index contributed by atoms with van der Waals surface area (Å²) in [5, 5.41) is 2.45. The molecule has 0 radical (unpaired) electrons. The van der Waals surface area contributed by atoms with E-state index in [1.165, 1.54) is 0 Å². The van der Waals surface area contributed by atoms with Gasteiger partial charge in [-0.15, -0.1) is 12.4 Å². The van der Waals surface area contributed by atoms with Gasteiger partial charge in [0.15, 0.2) is 0 Å². The predicted octanol–water partition coefficient (Wildman–Crippen LogP) is 1.67. The van der Waals surface area contributed by atoms with E-state index in [2.05, 4.69) is 5.32 Å². The first kappa shape index (κ1) is 11.0. The summed E-state index contributed by atoms with van der Waals surface area (Å²) in [6, 6.07) is 0. The van der Waals surface area contributed by atoms with Gasteiger partial charge < -0.3 is 5.32 Å². The van der Waals surface area contributed by atoms with Crippen LogP contribution in [0.15, 0.2) is 0 Å². The summed E-state index contributed by atoms with van der Waals surface area (Å²) in [6.45, 7) is -0.348. The van der Waals surface area contributed by atoms with Crippen molar-refractivity contribution in [1.29, 1.82) is 0 Å². The molecule has 68 valence electrons. The molecule has 6 heteroatoms. The summed E-state index contributed by atoms with van der Waals surface area (Å²) in [7, 11) is 0. The monoisotopic (exact) mass is 193 g/mol. The van der Waals surface area contributed by atoms with E-state index >= 15 is 0 Å². The SMILES string of the molecule is Cl.FC(F)(F)CC1(F)CNC1. The molecule has 0 aliphatic carbocycles. The highest BCUT2D eigenvalue weighted by atomic mass is 35.5. The van der Waals surface area contributed by atoms with Gasteiger partial charge in [-0.25, -0.2) is 4.39 Å². The van der Waals surface area contributed by atoms with Crippen molar-refractivity contribution in [2.75, 3.05) is 13.1 Å². The van der Waals surface area contributed by atoms with Gasteiger partial charge in [0, 0.05) is 13.1 Å². The summed E-state index contributed by atoms with van der Waals surface area (Å²) in [6.07, 6.45) is -5.70. The molecule has 1 saturated heterocycles. The molecule has 0 unspecified atom stereocenters. The fourth-order valence-corrected chi connectivity index (χ4v) is 0.881. The first-order valence-corrected chi connectivity index (χ1v) is 2.88. The summed E-state index contributed by atoms with van der Waals surface area (Å²) < 4.78 is 47.1. The molecular weight excluding hydrogens is 186 g/mol. The third-order valence-corrected chi connectivity index (χ3v) is 1.40. The molecule has 1 aliphatic rings. The van der Waals surface area contributed by atoms with Crippen molar-refractivity contribution >= 4 is 12.4 Å². The topological polar surface area (TPSA) is 12.0 Å². The maximum atomic E-state index is 12.6. The second kappa shape index (κ2) is 3.15. The van der Waals surface area contributed by atoms with Gasteiger partial charge in [-0.3, -0.25) is 0 Å². The van der Waals surface area contributed by atoms with Gasteiger partial charge in [0.1, 0.15) is 5.67 Å². The van der Waals surface area contributed by atoms with Gasteiger partial charge in [0.05, 0.1) is 6.42 Å². The molecular formula is C5H8ClF4N. The Balaban J connectivity index is 0.000001000. The molecule has 1 aliphatic heterocycles. The zero-order chi connectivity index (χ0) is 7.83. The van der Waals surface area contributed by atoms with Gasteiger partial charge in [0.2, 0.25) is 0 Å². The van der Waals surface area contributed by atoms with Crippen LogP contribution < -0.4 is 5.32 Å². The van der Waals surface area contributed by atoms with E-state index in [0.717, 1.165) is 0 Å². The quantitative estimate of drug-likeness (QED) is 0.625. The molecule has 0 aromatic carbocycles. The van der Waals surface area contributed by atoms with Crippen molar-refractivity contribution in [3.63, 3.8) is 0 Å². The fourth-order valence-electron chi connectivity index (χ4n) is 0.881. The van der Waals surface area contributed by atoms with Gasteiger partial charge in [0.25, 0.3) is 0 Å². The first-order valence-electron chi connectivity index (χ1n) is 2.88. The molecule has 1 nitrogen and oxygen atoms in total. The molecule has 1 N–H and O–H groups in total. The molecule has 0 bridgehead atoms. The van der Waals surface area contributed by atoms with Crippen LogP contribution in [-0.4, -0.2) is 24.9 Å². The van der Waals surface area contributed by atoms with Crippen LogP contribution in [0.1, 0.15) is 6.42 Å². The third kappa shape index (κ3) is 3.25. The third-order valence-electron chi connectivity index (χ3n) is 1.40. The molecule has 0 saturated carbocycles. The average molecular weight is 194 g/mol. The van der Waals surface area contributed by atoms with Crippen LogP contribution in [0.25, 0.3) is 0 Å². The van der Waals surface area contributed by atoms with Crippen molar-refractivity contribution < 1.29 is 17.6 Å². The van der Waals surface area contributed by atoms with Crippen LogP contribution in [0.3, 0.4) is 0 Å². The van der Waals surface area contributed by atoms with Crippen LogP contribution in [-0.2, 0) is 0 Å². The number of rotatable bonds is 1. The van der Waals surface area contributed by atoms with Gasteiger partial charge in [-0.1, -0.05) is 0 Å². The van der Waals surface area contributed by atoms with Crippen LogP contribution in [0.2, 0.25) is 0 Å². The smallest absolute Gasteiger partial charge is 0.310 e. The number of nitrogens with one attached hydrogen (secondary N) is 1. The van der Waals surface area contributed by atoms with Gasteiger partial charge in [-0.2, -0.15) is 13.2 Å². The minimum Gasteiger partial charge on any atom is -0.310 e. The molecule has 1 fully saturated rings. The van der Waals surface area contributed by atoms with Crippen LogP contribution in [0, 0.1) is 0 Å². The Morgan fingerprint density at radius 1 is 1.27 bits per heavy atom. The van der Waals surface area contributed by atoms with Gasteiger partial charge >= 0.3 is 6.18 Å². The van der Waals surface area contributed by atoms with Gasteiger partial charge in [-0.05, 0) is 0 Å². The zero-order valence-electron chi connectivity index (χ0n) is 5.54. The summed E-state index contributed by atoms with van der Waals surface area (Å²) >= 11 is 0. The molecule has 0 spiro atoms. The van der Waals surface area contributed by atoms with Crippen LogP contribution in [0.4, 0.5) is 17.6 Å². The summed E-state index contributed by atoms with van der Waals surface area (Å²) in [4.78, 5) is 0. The van der Waals surface area contributed by atoms with Crippen molar-refractivity contribution in [3.05, 3.63) is 0 Å². The van der Waals surface area contributed by atoms with E-state index in [1.807, 2.05) is 0 Å². The summed E-state index contributed by atoms with van der Waals surface area (Å²) in [5.41, 5.74) is -2.03. The van der Waals surface area contributed by atoms with E-state index in [9.17, 15) is 17.6 Å². The second-order valence-corrected chi connectivity index (χ2v) is 2.55. The highest BCUT2D eigenvalue weighted by molar-refractivity contribution is 5.85. The number of hydrogen-bond donors (Lipinski definition) is 1. The Morgan fingerprint density at radius 3 is 1.82 bits per heavy atom. The van der Waals surface area contributed by atoms with E-state index in [1.54, 1.807) is 0 Å². The normalized spacial score (nSPS) is 21.8. The predicted molar refractivity (Wildman–Crippen MR) is 34.6 cm³/mol. The number of hydrogen-bond acceptors (Lipinski definition) is 1. The lowest BCUT2D eigenvalue weighted by Crippen LogP contribution is -2.58. The molecule has 0 aromatic heterocycles. The van der Waals surface area contributed by atoms with E-state index in [4.69, 9.17) is 0 Å². The Bertz CT molecular complexity index is 131. The highest BCUT2D eigenvalue weighted by Gasteiger charge is 2.46. The molecule has 0 aromatic rings. The number of alkyl halides is 4. The Kier molecular flexibility index (Phi) is 3.14. The second-order valence-electron chi connectivity index (χ2n) is 2.55. The van der Waals surface area contributed by atoms with Crippen molar-refractivity contribution in [3.8, 4) is 0 Å². The van der Waals surface area contributed by atoms with E-state index in [0.29, 0.717) is 0 Å². The Hall–Kier alpha value is -0.0300. The van der Waals surface area contributed by atoms with E-state index < -0.39 is 18.3 Å². The minimum absolute atomic E-state index is 0. The maximum Gasteiger partial charge on any atom is 0.392 e. The standard InChI is InChI=1S/C5H7F4N.ClH/c6-4(2-10-3-4)1-5(7,8)9;/h10H,1-3H2;1H. The molecule has 11 heavy (non-hydrogen) atoms. The lowest BCUT2D eigenvalue weighted by molar-refractivity contribution is -0.168. The van der Waals surface area contributed by atoms with Crippen LogP contribution in [0.5, 0.6) is 0 Å². The molecule has 0 amide bonds. The lowest BCUT2D eigenvalue weighted by atomic mass is 9.95. The molecule has 1 rings (SSSR count). The zero-order valence-corrected chi connectivity index (χ0v) is 6.36. The average Bonchev–Trinajstić information content (AvgIpc) is 1.57. The van der Waals surface area contributed by atoms with Crippen molar-refractivity contribution in [2.45, 2.75) is 18.3 Å². The number of halogens is 5. The van der Waals surface area contributed by atoms with E-state index in [-0.39, 0.29) is 25.5 Å². The first-order chi connectivity index (χ1) is 4.41. The van der Waals surface area contributed by atoms with Crippen molar-refractivity contribution in [2.24, 2.45) is 0 Å². The highest BCUT2D eigenvalue weighted by Crippen LogP contribution is 2.32. The fraction of sp³-hybridized carbons (Fsp3) is 1.00. The molecule has 1 heterocycles. The van der Waals surface area contributed by atoms with Crippen LogP contribution >= 0.6 is 12.4 Å². The maximum absolute atomic E-state index is 12.6. The van der Waals surface area contributed by atoms with Crippen molar-refractivity contribution in [1.82, 2.24) is 5.32 Å². The Labute approximate surface area is 67.6 Å². The summed E-state index contributed by atoms with van der Waals surface area (Å²) in [5.74, 6) is 0. The minimum atomic E-state index is -4.38. The largest absolute Gasteiger partial charge is 0.392 e. The lowest BCUT2D eigenvalue weighted by Gasteiger charge is -2.35.